The van der Waals surface area contributed by atoms with Gasteiger partial charge < -0.3 is 5.11 Å². The average molecular weight is 361 g/mol. The Hall–Kier alpha value is -0.0400. The summed E-state index contributed by atoms with van der Waals surface area (Å²) in [4.78, 5) is -0.234. The average Bonchev–Trinajstić information content (AvgIpc) is 2.23. The highest BCUT2D eigenvalue weighted by Crippen LogP contribution is 2.32. The predicted molar refractivity (Wildman–Crippen MR) is 82.1 cm³/mol. The summed E-state index contributed by atoms with van der Waals surface area (Å²) in [5, 5.41) is 9.82. The van der Waals surface area contributed by atoms with Crippen LogP contribution in [0, 0.1) is 5.92 Å². The van der Waals surface area contributed by atoms with Crippen LogP contribution in [-0.4, -0.2) is 26.2 Å². The van der Waals surface area contributed by atoms with Crippen LogP contribution < -0.4 is 4.72 Å². The number of benzene rings is 1. The second-order valence-electron chi connectivity index (χ2n) is 4.83. The monoisotopic (exact) mass is 359 g/mol. The molecule has 0 aliphatic carbocycles. The molecule has 0 saturated heterocycles. The summed E-state index contributed by atoms with van der Waals surface area (Å²) in [6.45, 7) is 3.77. The zero-order valence-corrected chi connectivity index (χ0v) is 14.1. The fourth-order valence-electron chi connectivity index (χ4n) is 1.69. The van der Waals surface area contributed by atoms with Crippen molar-refractivity contribution >= 4 is 44.8 Å². The van der Waals surface area contributed by atoms with E-state index in [0.717, 1.165) is 0 Å². The zero-order chi connectivity index (χ0) is 15.5. The highest BCUT2D eigenvalue weighted by Gasteiger charge is 2.23. The Morgan fingerprint density at radius 1 is 1.20 bits per heavy atom. The van der Waals surface area contributed by atoms with Crippen molar-refractivity contribution in [2.24, 2.45) is 5.92 Å². The number of hydrogen-bond donors (Lipinski definition) is 2. The van der Waals surface area contributed by atoms with Gasteiger partial charge in [0.1, 0.15) is 4.90 Å². The summed E-state index contributed by atoms with van der Waals surface area (Å²) in [7, 11) is -3.90. The van der Waals surface area contributed by atoms with Crippen molar-refractivity contribution < 1.29 is 13.5 Å². The lowest BCUT2D eigenvalue weighted by molar-refractivity contribution is 0.152. The van der Waals surface area contributed by atoms with Crippen LogP contribution in [0.3, 0.4) is 0 Å². The van der Waals surface area contributed by atoms with E-state index in [9.17, 15) is 13.5 Å². The second-order valence-corrected chi connectivity index (χ2v) is 7.79. The standard InChI is InChI=1S/C12H16Cl3NO3S/c1-7(2)3-9(17)6-16-20(18,19)12-10(14)4-8(13)5-11(12)15/h4-5,7,9,16-17H,3,6H2,1-2H3. The van der Waals surface area contributed by atoms with E-state index in [1.54, 1.807) is 0 Å². The summed E-state index contributed by atoms with van der Waals surface area (Å²) in [5.41, 5.74) is 0. The van der Waals surface area contributed by atoms with Crippen molar-refractivity contribution in [2.75, 3.05) is 6.54 Å². The van der Waals surface area contributed by atoms with Crippen LogP contribution in [0.15, 0.2) is 17.0 Å². The van der Waals surface area contributed by atoms with Gasteiger partial charge >= 0.3 is 0 Å². The van der Waals surface area contributed by atoms with E-state index in [1.165, 1.54) is 12.1 Å². The van der Waals surface area contributed by atoms with E-state index >= 15 is 0 Å². The van der Waals surface area contributed by atoms with Gasteiger partial charge in [-0.1, -0.05) is 48.7 Å². The third-order valence-corrected chi connectivity index (χ3v) is 5.05. The molecule has 0 bridgehead atoms. The predicted octanol–water partition coefficient (Wildman–Crippen LogP) is 3.33. The first-order valence-corrected chi connectivity index (χ1v) is 8.57. The summed E-state index contributed by atoms with van der Waals surface area (Å²) in [5.74, 6) is 0.261. The second kappa shape index (κ2) is 7.29. The number of aliphatic hydroxyl groups excluding tert-OH is 1. The van der Waals surface area contributed by atoms with Crippen LogP contribution >= 0.6 is 34.8 Å². The molecule has 0 heterocycles. The molecule has 0 aromatic heterocycles. The molecular weight excluding hydrogens is 345 g/mol. The van der Waals surface area contributed by atoms with Crippen molar-refractivity contribution in [3.63, 3.8) is 0 Å². The van der Waals surface area contributed by atoms with Crippen LogP contribution in [0.25, 0.3) is 0 Å². The number of halogens is 3. The lowest BCUT2D eigenvalue weighted by atomic mass is 10.1. The topological polar surface area (TPSA) is 66.4 Å². The third kappa shape index (κ3) is 5.06. The SMILES string of the molecule is CC(C)CC(O)CNS(=O)(=O)c1c(Cl)cc(Cl)cc1Cl. The highest BCUT2D eigenvalue weighted by atomic mass is 35.5. The molecule has 1 aromatic carbocycles. The molecule has 1 unspecified atom stereocenters. The highest BCUT2D eigenvalue weighted by molar-refractivity contribution is 7.89. The van der Waals surface area contributed by atoms with Crippen LogP contribution in [0.1, 0.15) is 20.3 Å². The van der Waals surface area contributed by atoms with Gasteiger partial charge in [0, 0.05) is 11.6 Å². The molecule has 4 nitrogen and oxygen atoms in total. The molecule has 0 radical (unpaired) electrons. The number of sulfonamides is 1. The number of aliphatic hydroxyl groups is 1. The van der Waals surface area contributed by atoms with Gasteiger partial charge in [-0.15, -0.1) is 0 Å². The first-order chi connectivity index (χ1) is 9.13. The lowest BCUT2D eigenvalue weighted by Crippen LogP contribution is -2.33. The van der Waals surface area contributed by atoms with E-state index in [1.807, 2.05) is 13.8 Å². The third-order valence-electron chi connectivity index (χ3n) is 2.48. The molecule has 0 spiro atoms. The van der Waals surface area contributed by atoms with Gasteiger partial charge in [0.15, 0.2) is 0 Å². The Labute approximate surface area is 134 Å². The molecule has 0 amide bonds. The minimum absolute atomic E-state index is 0.0617. The van der Waals surface area contributed by atoms with E-state index in [2.05, 4.69) is 4.72 Å². The van der Waals surface area contributed by atoms with Gasteiger partial charge in [0.05, 0.1) is 16.1 Å². The number of nitrogens with one attached hydrogen (secondary N) is 1. The van der Waals surface area contributed by atoms with Gasteiger partial charge in [-0.25, -0.2) is 13.1 Å². The molecule has 1 rings (SSSR count). The molecule has 8 heteroatoms. The quantitative estimate of drug-likeness (QED) is 0.817. The van der Waals surface area contributed by atoms with E-state index in [4.69, 9.17) is 34.8 Å². The smallest absolute Gasteiger partial charge is 0.243 e. The van der Waals surface area contributed by atoms with Crippen LogP contribution in [0.2, 0.25) is 15.1 Å². The molecule has 114 valence electrons. The normalized spacial score (nSPS) is 13.8. The van der Waals surface area contributed by atoms with Crippen molar-refractivity contribution in [3.8, 4) is 0 Å². The largest absolute Gasteiger partial charge is 0.392 e. The number of hydrogen-bond acceptors (Lipinski definition) is 3. The van der Waals surface area contributed by atoms with Crippen molar-refractivity contribution in [2.45, 2.75) is 31.3 Å². The van der Waals surface area contributed by atoms with Gasteiger partial charge in [0.2, 0.25) is 10.0 Å². The van der Waals surface area contributed by atoms with E-state index in [-0.39, 0.29) is 32.4 Å². The van der Waals surface area contributed by atoms with Crippen molar-refractivity contribution in [3.05, 3.63) is 27.2 Å². The molecule has 20 heavy (non-hydrogen) atoms. The van der Waals surface area contributed by atoms with Crippen molar-refractivity contribution in [1.29, 1.82) is 0 Å². The van der Waals surface area contributed by atoms with Gasteiger partial charge in [-0.3, -0.25) is 0 Å². The maximum absolute atomic E-state index is 12.1. The molecule has 1 atom stereocenters. The van der Waals surface area contributed by atoms with Gasteiger partial charge in [-0.2, -0.15) is 0 Å². The van der Waals surface area contributed by atoms with Gasteiger partial charge in [-0.05, 0) is 24.5 Å². The summed E-state index contributed by atoms with van der Waals surface area (Å²) in [6, 6.07) is 2.60. The molecule has 1 aromatic rings. The fraction of sp³-hybridized carbons (Fsp3) is 0.500. The van der Waals surface area contributed by atoms with Crippen LogP contribution in [-0.2, 0) is 10.0 Å². The molecule has 0 aliphatic heterocycles. The Morgan fingerprint density at radius 2 is 1.70 bits per heavy atom. The summed E-state index contributed by atoms with van der Waals surface area (Å²) < 4.78 is 26.6. The van der Waals surface area contributed by atoms with Gasteiger partial charge in [0.25, 0.3) is 0 Å². The Bertz CT molecular complexity index is 552. The Balaban J connectivity index is 2.90. The molecule has 0 saturated carbocycles. The minimum atomic E-state index is -3.90. The summed E-state index contributed by atoms with van der Waals surface area (Å²) >= 11 is 17.5. The molecule has 2 N–H and O–H groups in total. The van der Waals surface area contributed by atoms with E-state index in [0.29, 0.717) is 6.42 Å². The van der Waals surface area contributed by atoms with Crippen LogP contribution in [0.4, 0.5) is 0 Å². The molecular formula is C12H16Cl3NO3S. The molecule has 0 aliphatic rings. The zero-order valence-electron chi connectivity index (χ0n) is 11.0. The fourth-order valence-corrected chi connectivity index (χ4v) is 4.31. The maximum atomic E-state index is 12.1. The minimum Gasteiger partial charge on any atom is -0.392 e. The first-order valence-electron chi connectivity index (χ1n) is 5.95. The number of rotatable bonds is 6. The lowest BCUT2D eigenvalue weighted by Gasteiger charge is -2.15. The van der Waals surface area contributed by atoms with E-state index < -0.39 is 16.1 Å². The van der Waals surface area contributed by atoms with Crippen LogP contribution in [0.5, 0.6) is 0 Å². The molecule has 0 fully saturated rings. The summed E-state index contributed by atoms with van der Waals surface area (Å²) in [6.07, 6.45) is -0.278. The maximum Gasteiger partial charge on any atom is 0.243 e. The Morgan fingerprint density at radius 3 is 2.15 bits per heavy atom. The first kappa shape index (κ1) is 18.0. The van der Waals surface area contributed by atoms with Crippen molar-refractivity contribution in [1.82, 2.24) is 4.72 Å². The Kier molecular flexibility index (Phi) is 6.57.